The summed E-state index contributed by atoms with van der Waals surface area (Å²) < 4.78 is 0. The van der Waals surface area contributed by atoms with Crippen LogP contribution in [0.4, 0.5) is 5.69 Å². The van der Waals surface area contributed by atoms with Gasteiger partial charge in [-0.2, -0.15) is 0 Å². The second-order valence-electron chi connectivity index (χ2n) is 3.64. The van der Waals surface area contributed by atoms with E-state index in [1.165, 1.54) is 11.3 Å². The number of para-hydroxylation sites is 1. The molecule has 0 amide bonds. The minimum absolute atomic E-state index is 0.533. The lowest BCUT2D eigenvalue weighted by Crippen LogP contribution is -2.21. The summed E-state index contributed by atoms with van der Waals surface area (Å²) in [6.07, 6.45) is 0. The van der Waals surface area contributed by atoms with Gasteiger partial charge < -0.3 is 10.4 Å². The van der Waals surface area contributed by atoms with Crippen molar-refractivity contribution in [1.29, 1.82) is 0 Å². The maximum Gasteiger partial charge on any atom is 0.332 e. The molecule has 2 N–H and O–H groups in total. The van der Waals surface area contributed by atoms with Crippen LogP contribution in [0.3, 0.4) is 0 Å². The van der Waals surface area contributed by atoms with E-state index < -0.39 is 12.0 Å². The highest BCUT2D eigenvalue weighted by Gasteiger charge is 2.21. The highest BCUT2D eigenvalue weighted by Crippen LogP contribution is 2.22. The first-order chi connectivity index (χ1) is 8.18. The molecular formula is C12H12N2O2S. The van der Waals surface area contributed by atoms with E-state index in [-0.39, 0.29) is 0 Å². The third kappa shape index (κ3) is 2.62. The Labute approximate surface area is 103 Å². The van der Waals surface area contributed by atoms with Gasteiger partial charge in [-0.05, 0) is 18.6 Å². The number of benzene rings is 1. The second-order valence-corrected chi connectivity index (χ2v) is 4.36. The van der Waals surface area contributed by atoms with E-state index in [1.807, 2.05) is 31.2 Å². The molecule has 88 valence electrons. The number of nitrogens with one attached hydrogen (secondary N) is 1. The SMILES string of the molecule is Cc1ccccc1NC(C(=O)O)c1cscn1. The van der Waals surface area contributed by atoms with Gasteiger partial charge >= 0.3 is 5.97 Å². The number of carbonyl (C=O) groups is 1. The molecule has 1 aromatic heterocycles. The molecule has 0 aliphatic heterocycles. The van der Waals surface area contributed by atoms with Gasteiger partial charge in [-0.1, -0.05) is 18.2 Å². The molecule has 0 fully saturated rings. The Hall–Kier alpha value is -1.88. The zero-order valence-electron chi connectivity index (χ0n) is 9.25. The molecule has 0 radical (unpaired) electrons. The summed E-state index contributed by atoms with van der Waals surface area (Å²) in [5.41, 5.74) is 3.98. The molecule has 1 heterocycles. The quantitative estimate of drug-likeness (QED) is 0.873. The fourth-order valence-corrected chi connectivity index (χ4v) is 2.10. The van der Waals surface area contributed by atoms with Crippen molar-refractivity contribution >= 4 is 23.0 Å². The van der Waals surface area contributed by atoms with Gasteiger partial charge in [-0.25, -0.2) is 9.78 Å². The third-order valence-electron chi connectivity index (χ3n) is 2.44. The number of thiazole rings is 1. The van der Waals surface area contributed by atoms with Gasteiger partial charge in [0, 0.05) is 11.1 Å². The summed E-state index contributed by atoms with van der Waals surface area (Å²) in [6, 6.07) is 6.77. The number of hydrogen-bond donors (Lipinski definition) is 2. The van der Waals surface area contributed by atoms with Crippen LogP contribution in [0.1, 0.15) is 17.3 Å². The number of nitrogens with zero attached hydrogens (tertiary/aromatic N) is 1. The summed E-state index contributed by atoms with van der Waals surface area (Å²) in [6.45, 7) is 1.93. The molecule has 0 saturated carbocycles. The van der Waals surface area contributed by atoms with E-state index in [9.17, 15) is 9.90 Å². The Bertz CT molecular complexity index is 511. The molecule has 0 spiro atoms. The predicted octanol–water partition coefficient (Wildman–Crippen LogP) is 2.69. The number of carboxylic acids is 1. The summed E-state index contributed by atoms with van der Waals surface area (Å²) in [5.74, 6) is -0.931. The predicted molar refractivity (Wildman–Crippen MR) is 67.3 cm³/mol. The van der Waals surface area contributed by atoms with Crippen LogP contribution in [0, 0.1) is 6.92 Å². The molecular weight excluding hydrogens is 236 g/mol. The van der Waals surface area contributed by atoms with Gasteiger partial charge in [0.05, 0.1) is 11.2 Å². The lowest BCUT2D eigenvalue weighted by molar-refractivity contribution is -0.138. The monoisotopic (exact) mass is 248 g/mol. The van der Waals surface area contributed by atoms with Crippen LogP contribution in [-0.4, -0.2) is 16.1 Å². The smallest absolute Gasteiger partial charge is 0.332 e. The van der Waals surface area contributed by atoms with Crippen molar-refractivity contribution in [3.05, 3.63) is 46.4 Å². The van der Waals surface area contributed by atoms with Gasteiger partial charge in [-0.3, -0.25) is 0 Å². The molecule has 17 heavy (non-hydrogen) atoms. The fourth-order valence-electron chi connectivity index (χ4n) is 1.52. The first-order valence-corrected chi connectivity index (χ1v) is 6.06. The summed E-state index contributed by atoms with van der Waals surface area (Å²) in [7, 11) is 0. The average molecular weight is 248 g/mol. The molecule has 0 aliphatic rings. The summed E-state index contributed by atoms with van der Waals surface area (Å²) in [5, 5.41) is 13.9. The van der Waals surface area contributed by atoms with Crippen molar-refractivity contribution < 1.29 is 9.90 Å². The van der Waals surface area contributed by atoms with E-state index in [1.54, 1.807) is 10.9 Å². The van der Waals surface area contributed by atoms with Crippen molar-refractivity contribution in [1.82, 2.24) is 4.98 Å². The molecule has 0 saturated heterocycles. The molecule has 0 aliphatic carbocycles. The molecule has 2 rings (SSSR count). The van der Waals surface area contributed by atoms with Crippen molar-refractivity contribution in [2.24, 2.45) is 0 Å². The minimum atomic E-state index is -0.931. The maximum atomic E-state index is 11.2. The Morgan fingerprint density at radius 3 is 2.82 bits per heavy atom. The Morgan fingerprint density at radius 2 is 2.24 bits per heavy atom. The van der Waals surface area contributed by atoms with Crippen LogP contribution < -0.4 is 5.32 Å². The van der Waals surface area contributed by atoms with Crippen LogP contribution in [0.2, 0.25) is 0 Å². The van der Waals surface area contributed by atoms with E-state index in [0.29, 0.717) is 5.69 Å². The first-order valence-electron chi connectivity index (χ1n) is 5.11. The van der Waals surface area contributed by atoms with Crippen molar-refractivity contribution in [2.75, 3.05) is 5.32 Å². The highest BCUT2D eigenvalue weighted by atomic mass is 32.1. The number of rotatable bonds is 4. The van der Waals surface area contributed by atoms with Crippen LogP contribution in [0.5, 0.6) is 0 Å². The fraction of sp³-hybridized carbons (Fsp3) is 0.167. The Balaban J connectivity index is 2.26. The van der Waals surface area contributed by atoms with Gasteiger partial charge in [0.15, 0.2) is 6.04 Å². The number of aliphatic carboxylic acids is 1. The zero-order chi connectivity index (χ0) is 12.3. The number of anilines is 1. The maximum absolute atomic E-state index is 11.2. The van der Waals surface area contributed by atoms with Crippen LogP contribution in [0.25, 0.3) is 0 Å². The third-order valence-corrected chi connectivity index (χ3v) is 3.04. The highest BCUT2D eigenvalue weighted by molar-refractivity contribution is 7.07. The Morgan fingerprint density at radius 1 is 1.47 bits per heavy atom. The van der Waals surface area contributed by atoms with E-state index in [0.717, 1.165) is 11.3 Å². The van der Waals surface area contributed by atoms with Gasteiger partial charge in [-0.15, -0.1) is 11.3 Å². The molecule has 1 unspecified atom stereocenters. The largest absolute Gasteiger partial charge is 0.479 e. The first kappa shape index (κ1) is 11.6. The minimum Gasteiger partial charge on any atom is -0.479 e. The molecule has 1 aromatic carbocycles. The summed E-state index contributed by atoms with van der Waals surface area (Å²) in [4.78, 5) is 15.3. The summed E-state index contributed by atoms with van der Waals surface area (Å²) >= 11 is 1.39. The number of aromatic nitrogens is 1. The van der Waals surface area contributed by atoms with Gasteiger partial charge in [0.2, 0.25) is 0 Å². The van der Waals surface area contributed by atoms with Crippen molar-refractivity contribution in [2.45, 2.75) is 13.0 Å². The lowest BCUT2D eigenvalue weighted by atomic mass is 10.1. The average Bonchev–Trinajstić information content (AvgIpc) is 2.81. The molecule has 4 nitrogen and oxygen atoms in total. The van der Waals surface area contributed by atoms with Gasteiger partial charge in [0.1, 0.15) is 0 Å². The molecule has 2 aromatic rings. The van der Waals surface area contributed by atoms with Crippen LogP contribution in [0.15, 0.2) is 35.2 Å². The normalized spacial score (nSPS) is 12.1. The van der Waals surface area contributed by atoms with Crippen LogP contribution in [-0.2, 0) is 4.79 Å². The van der Waals surface area contributed by atoms with E-state index in [2.05, 4.69) is 10.3 Å². The number of carboxylic acid groups (broad SMARTS) is 1. The van der Waals surface area contributed by atoms with Gasteiger partial charge in [0.25, 0.3) is 0 Å². The zero-order valence-corrected chi connectivity index (χ0v) is 10.1. The standard InChI is InChI=1S/C12H12N2O2S/c1-8-4-2-3-5-9(8)14-11(12(15)16)10-6-17-7-13-10/h2-7,11,14H,1H3,(H,15,16). The lowest BCUT2D eigenvalue weighted by Gasteiger charge is -2.15. The van der Waals surface area contributed by atoms with Crippen molar-refractivity contribution in [3.63, 3.8) is 0 Å². The molecule has 5 heteroatoms. The molecule has 1 atom stereocenters. The topological polar surface area (TPSA) is 62.2 Å². The van der Waals surface area contributed by atoms with Crippen molar-refractivity contribution in [3.8, 4) is 0 Å². The van der Waals surface area contributed by atoms with E-state index in [4.69, 9.17) is 0 Å². The van der Waals surface area contributed by atoms with E-state index >= 15 is 0 Å². The molecule has 0 bridgehead atoms. The van der Waals surface area contributed by atoms with Crippen LogP contribution >= 0.6 is 11.3 Å². The number of hydrogen-bond acceptors (Lipinski definition) is 4. The second kappa shape index (κ2) is 4.97. The Kier molecular flexibility index (Phi) is 3.39. The number of aryl methyl sites for hydroxylation is 1.